The highest BCUT2D eigenvalue weighted by atomic mass is 14.9. The Labute approximate surface area is 95.0 Å². The molecule has 0 aromatic rings. The molecule has 5 atom stereocenters. The van der Waals surface area contributed by atoms with Gasteiger partial charge < -0.3 is 5.32 Å². The van der Waals surface area contributed by atoms with E-state index in [4.69, 9.17) is 0 Å². The molecular weight excluding hydrogens is 182 g/mol. The fraction of sp³-hybridized carbons (Fsp3) is 1.00. The summed E-state index contributed by atoms with van der Waals surface area (Å²) in [7, 11) is 2.17. The lowest BCUT2D eigenvalue weighted by molar-refractivity contribution is 0.170. The highest BCUT2D eigenvalue weighted by Gasteiger charge is 2.37. The van der Waals surface area contributed by atoms with Crippen LogP contribution in [0, 0.1) is 23.7 Å². The molecule has 0 amide bonds. The summed E-state index contributed by atoms with van der Waals surface area (Å²) < 4.78 is 0. The fourth-order valence-corrected chi connectivity index (χ4v) is 4.28. The summed E-state index contributed by atoms with van der Waals surface area (Å²) in [4.78, 5) is 0. The first kappa shape index (κ1) is 11.4. The van der Waals surface area contributed by atoms with E-state index in [9.17, 15) is 0 Å². The van der Waals surface area contributed by atoms with Gasteiger partial charge in [0.05, 0.1) is 0 Å². The maximum Gasteiger partial charge on any atom is 0.0121 e. The molecule has 0 aromatic heterocycles. The van der Waals surface area contributed by atoms with E-state index in [1.54, 1.807) is 0 Å². The van der Waals surface area contributed by atoms with Gasteiger partial charge in [0.1, 0.15) is 0 Å². The number of hydrogen-bond donors (Lipinski definition) is 1. The molecular formula is C14H27N. The molecule has 1 heteroatoms. The maximum atomic E-state index is 3.62. The second-order valence-corrected chi connectivity index (χ2v) is 6.00. The van der Waals surface area contributed by atoms with Gasteiger partial charge in [-0.05, 0) is 56.4 Å². The van der Waals surface area contributed by atoms with E-state index in [1.165, 1.54) is 38.5 Å². The van der Waals surface area contributed by atoms with Gasteiger partial charge in [0.2, 0.25) is 0 Å². The summed E-state index contributed by atoms with van der Waals surface area (Å²) >= 11 is 0. The Morgan fingerprint density at radius 3 is 2.60 bits per heavy atom. The summed E-state index contributed by atoms with van der Waals surface area (Å²) in [5.41, 5.74) is 0. The number of hydrogen-bond acceptors (Lipinski definition) is 1. The lowest BCUT2D eigenvalue weighted by Gasteiger charge is -2.36. The Morgan fingerprint density at radius 1 is 1.13 bits per heavy atom. The van der Waals surface area contributed by atoms with Crippen molar-refractivity contribution < 1.29 is 0 Å². The minimum atomic E-state index is 0.808. The fourth-order valence-electron chi connectivity index (χ4n) is 4.28. The number of nitrogens with one attached hydrogen (secondary N) is 1. The standard InChI is InChI=1S/C14H27N/c1-4-12-6-5-11-7-10(2)8-13(9-11)14(12)15-3/h10-15H,4-9H2,1-3H3. The van der Waals surface area contributed by atoms with Crippen molar-refractivity contribution in [2.75, 3.05) is 7.05 Å². The van der Waals surface area contributed by atoms with Crippen LogP contribution in [0.3, 0.4) is 0 Å². The molecule has 0 heterocycles. The molecule has 0 aliphatic heterocycles. The molecule has 88 valence electrons. The predicted octanol–water partition coefficient (Wildman–Crippen LogP) is 3.45. The van der Waals surface area contributed by atoms with E-state index in [2.05, 4.69) is 26.2 Å². The third-order valence-electron chi connectivity index (χ3n) is 4.90. The molecule has 0 spiro atoms. The van der Waals surface area contributed by atoms with Crippen LogP contribution >= 0.6 is 0 Å². The quantitative estimate of drug-likeness (QED) is 0.734. The van der Waals surface area contributed by atoms with Gasteiger partial charge in [-0.3, -0.25) is 0 Å². The monoisotopic (exact) mass is 209 g/mol. The summed E-state index contributed by atoms with van der Waals surface area (Å²) in [6.07, 6.45) is 8.81. The topological polar surface area (TPSA) is 12.0 Å². The Morgan fingerprint density at radius 2 is 1.93 bits per heavy atom. The van der Waals surface area contributed by atoms with E-state index in [0.29, 0.717) is 0 Å². The van der Waals surface area contributed by atoms with Crippen molar-refractivity contribution >= 4 is 0 Å². The molecule has 0 saturated heterocycles. The van der Waals surface area contributed by atoms with Gasteiger partial charge in [-0.15, -0.1) is 0 Å². The van der Waals surface area contributed by atoms with E-state index in [1.807, 2.05) is 0 Å². The molecule has 0 radical (unpaired) electrons. The van der Waals surface area contributed by atoms with Crippen molar-refractivity contribution in [1.82, 2.24) is 5.32 Å². The zero-order chi connectivity index (χ0) is 10.8. The highest BCUT2D eigenvalue weighted by Crippen LogP contribution is 2.43. The van der Waals surface area contributed by atoms with Crippen LogP contribution in [0.25, 0.3) is 0 Å². The van der Waals surface area contributed by atoms with E-state index in [-0.39, 0.29) is 0 Å². The van der Waals surface area contributed by atoms with Gasteiger partial charge in [0.25, 0.3) is 0 Å². The molecule has 2 bridgehead atoms. The molecule has 2 fully saturated rings. The van der Waals surface area contributed by atoms with Gasteiger partial charge in [-0.2, -0.15) is 0 Å². The lowest BCUT2D eigenvalue weighted by atomic mass is 9.73. The van der Waals surface area contributed by atoms with E-state index < -0.39 is 0 Å². The minimum absolute atomic E-state index is 0.808. The first-order valence-electron chi connectivity index (χ1n) is 6.91. The Bertz CT molecular complexity index is 202. The largest absolute Gasteiger partial charge is 0.316 e. The molecule has 5 unspecified atom stereocenters. The van der Waals surface area contributed by atoms with Crippen LogP contribution in [-0.4, -0.2) is 13.1 Å². The van der Waals surface area contributed by atoms with Crippen molar-refractivity contribution in [1.29, 1.82) is 0 Å². The van der Waals surface area contributed by atoms with E-state index in [0.717, 1.165) is 29.7 Å². The minimum Gasteiger partial charge on any atom is -0.316 e. The number of fused-ring (bicyclic) bond motifs is 2. The van der Waals surface area contributed by atoms with Crippen molar-refractivity contribution in [2.45, 2.75) is 58.4 Å². The van der Waals surface area contributed by atoms with Crippen LogP contribution in [-0.2, 0) is 0 Å². The molecule has 2 rings (SSSR count). The number of rotatable bonds is 2. The normalized spacial score (nSPS) is 46.2. The van der Waals surface area contributed by atoms with Crippen molar-refractivity contribution in [3.63, 3.8) is 0 Å². The SMILES string of the molecule is CCC1CCC2CC(C)CC(C2)C1NC. The lowest BCUT2D eigenvalue weighted by Crippen LogP contribution is -2.41. The van der Waals surface area contributed by atoms with Crippen LogP contribution in [0.5, 0.6) is 0 Å². The van der Waals surface area contributed by atoms with Crippen LogP contribution in [0.15, 0.2) is 0 Å². The second-order valence-electron chi connectivity index (χ2n) is 6.00. The highest BCUT2D eigenvalue weighted by molar-refractivity contribution is 4.91. The molecule has 2 saturated carbocycles. The molecule has 1 nitrogen and oxygen atoms in total. The smallest absolute Gasteiger partial charge is 0.0121 e. The zero-order valence-electron chi connectivity index (χ0n) is 10.6. The van der Waals surface area contributed by atoms with Crippen LogP contribution in [0.2, 0.25) is 0 Å². The third-order valence-corrected chi connectivity index (χ3v) is 4.90. The van der Waals surface area contributed by atoms with Gasteiger partial charge in [0.15, 0.2) is 0 Å². The van der Waals surface area contributed by atoms with Gasteiger partial charge in [-0.25, -0.2) is 0 Å². The zero-order valence-corrected chi connectivity index (χ0v) is 10.6. The van der Waals surface area contributed by atoms with E-state index >= 15 is 0 Å². The Hall–Kier alpha value is -0.0400. The summed E-state index contributed by atoms with van der Waals surface area (Å²) in [5, 5.41) is 3.62. The average Bonchev–Trinajstić information content (AvgIpc) is 2.34. The third kappa shape index (κ3) is 2.38. The average molecular weight is 209 g/mol. The molecule has 15 heavy (non-hydrogen) atoms. The van der Waals surface area contributed by atoms with Gasteiger partial charge in [-0.1, -0.05) is 26.7 Å². The molecule has 2 aliphatic rings. The molecule has 0 aromatic carbocycles. The predicted molar refractivity (Wildman–Crippen MR) is 65.9 cm³/mol. The maximum absolute atomic E-state index is 3.62. The second kappa shape index (κ2) is 4.86. The molecule has 1 N–H and O–H groups in total. The summed E-state index contributed by atoms with van der Waals surface area (Å²) in [6, 6.07) is 0.808. The molecule has 2 aliphatic carbocycles. The van der Waals surface area contributed by atoms with Crippen molar-refractivity contribution in [3.05, 3.63) is 0 Å². The Balaban J connectivity index is 2.11. The first-order valence-corrected chi connectivity index (χ1v) is 6.91. The van der Waals surface area contributed by atoms with Crippen LogP contribution in [0.4, 0.5) is 0 Å². The van der Waals surface area contributed by atoms with Crippen LogP contribution in [0.1, 0.15) is 52.4 Å². The Kier molecular flexibility index (Phi) is 3.71. The van der Waals surface area contributed by atoms with Crippen LogP contribution < -0.4 is 5.32 Å². The summed E-state index contributed by atoms with van der Waals surface area (Å²) in [6.45, 7) is 4.83. The van der Waals surface area contributed by atoms with Gasteiger partial charge in [0, 0.05) is 6.04 Å². The van der Waals surface area contributed by atoms with Crippen molar-refractivity contribution in [2.24, 2.45) is 23.7 Å². The van der Waals surface area contributed by atoms with Gasteiger partial charge >= 0.3 is 0 Å². The summed E-state index contributed by atoms with van der Waals surface area (Å²) in [5.74, 6) is 3.93. The van der Waals surface area contributed by atoms with Crippen molar-refractivity contribution in [3.8, 4) is 0 Å². The first-order chi connectivity index (χ1) is 7.24.